The molecule has 2 radical (unpaired) electrons. The fourth-order valence-electron chi connectivity index (χ4n) is 4.68. The molecule has 0 heterocycles. The molecule has 9 heteroatoms. The highest BCUT2D eigenvalue weighted by Gasteiger charge is 2.44. The predicted molar refractivity (Wildman–Crippen MR) is 155 cm³/mol. The van der Waals surface area contributed by atoms with Crippen molar-refractivity contribution in [3.05, 3.63) is 47.5 Å². The minimum atomic E-state index is -0.993. The average molecular weight is 540 g/mol. The van der Waals surface area contributed by atoms with Crippen LogP contribution in [0.3, 0.4) is 0 Å². The smallest absolute Gasteiger partial charge is 0.333 e. The molecule has 0 aliphatic rings. The van der Waals surface area contributed by atoms with Gasteiger partial charge in [0.1, 0.15) is 12.1 Å². The Morgan fingerprint density at radius 1 is 1.00 bits per heavy atom. The quantitative estimate of drug-likeness (QED) is 0.260. The van der Waals surface area contributed by atoms with Crippen molar-refractivity contribution in [1.29, 1.82) is 0 Å². The second-order valence-electron chi connectivity index (χ2n) is 12.0. The molecule has 3 atom stereocenters. The monoisotopic (exact) mass is 539 g/mol. The summed E-state index contributed by atoms with van der Waals surface area (Å²) in [6.07, 6.45) is 1.73. The minimum absolute atomic E-state index is 0.0228. The van der Waals surface area contributed by atoms with E-state index in [4.69, 9.17) is 12.6 Å². The lowest BCUT2D eigenvalue weighted by Crippen LogP contribution is -2.62. The van der Waals surface area contributed by atoms with Crippen molar-refractivity contribution < 1.29 is 23.9 Å². The van der Waals surface area contributed by atoms with E-state index in [1.807, 2.05) is 78.8 Å². The van der Waals surface area contributed by atoms with Gasteiger partial charge in [-0.15, -0.1) is 0 Å². The summed E-state index contributed by atoms with van der Waals surface area (Å²) < 4.78 is 5.11. The number of hydrogen-bond acceptors (Lipinski definition) is 5. The molecule has 0 fully saturated rings. The van der Waals surface area contributed by atoms with Gasteiger partial charge in [0, 0.05) is 25.1 Å². The second-order valence-corrected chi connectivity index (χ2v) is 12.0. The second kappa shape index (κ2) is 13.8. The van der Waals surface area contributed by atoms with Crippen molar-refractivity contribution in [3.8, 4) is 0 Å². The highest BCUT2D eigenvalue weighted by atomic mass is 16.5. The molecule has 214 valence electrons. The molecule has 3 amide bonds. The number of benzene rings is 1. The van der Waals surface area contributed by atoms with Crippen molar-refractivity contribution >= 4 is 31.4 Å². The van der Waals surface area contributed by atoms with E-state index in [9.17, 15) is 19.2 Å². The molecule has 39 heavy (non-hydrogen) atoms. The third-order valence-corrected chi connectivity index (χ3v) is 7.08. The Morgan fingerprint density at radius 3 is 1.97 bits per heavy atom. The number of hydrogen-bond donors (Lipinski definition) is 1. The zero-order chi connectivity index (χ0) is 30.3. The van der Waals surface area contributed by atoms with Crippen LogP contribution >= 0.6 is 0 Å². The maximum atomic E-state index is 14.0. The van der Waals surface area contributed by atoms with Gasteiger partial charge in [-0.1, -0.05) is 84.9 Å². The third kappa shape index (κ3) is 8.70. The van der Waals surface area contributed by atoms with Gasteiger partial charge in [0.2, 0.25) is 19.7 Å². The van der Waals surface area contributed by atoms with Crippen molar-refractivity contribution in [2.45, 2.75) is 85.9 Å². The van der Waals surface area contributed by atoms with Crippen molar-refractivity contribution in [1.82, 2.24) is 15.1 Å². The highest BCUT2D eigenvalue weighted by Crippen LogP contribution is 2.31. The van der Waals surface area contributed by atoms with Crippen molar-refractivity contribution in [2.24, 2.45) is 11.3 Å². The molecular weight excluding hydrogens is 493 g/mol. The summed E-state index contributed by atoms with van der Waals surface area (Å²) in [6, 6.07) is 7.04. The van der Waals surface area contributed by atoms with Gasteiger partial charge in [-0.05, 0) is 30.7 Å². The molecule has 0 aliphatic carbocycles. The Kier molecular flexibility index (Phi) is 12.0. The first-order valence-corrected chi connectivity index (χ1v) is 13.4. The number of nitrogens with one attached hydrogen (secondary N) is 1. The molecule has 1 aromatic rings. The normalized spacial score (nSPS) is 14.7. The van der Waals surface area contributed by atoms with Crippen molar-refractivity contribution in [2.75, 3.05) is 20.7 Å². The van der Waals surface area contributed by atoms with Crippen molar-refractivity contribution in [3.63, 3.8) is 0 Å². The van der Waals surface area contributed by atoms with Gasteiger partial charge in [0.05, 0.1) is 12.6 Å². The summed E-state index contributed by atoms with van der Waals surface area (Å²) in [7, 11) is 8.77. The summed E-state index contributed by atoms with van der Waals surface area (Å²) in [5, 5.41) is 2.95. The number of nitrogens with zero attached hydrogens (tertiary/aromatic N) is 2. The van der Waals surface area contributed by atoms with Crippen LogP contribution in [0.5, 0.6) is 0 Å². The largest absolute Gasteiger partial charge is 0.463 e. The average Bonchev–Trinajstić information content (AvgIpc) is 2.84. The Balaban J connectivity index is 3.47. The van der Waals surface area contributed by atoms with Crippen LogP contribution < -0.4 is 5.32 Å². The molecule has 0 saturated carbocycles. The summed E-state index contributed by atoms with van der Waals surface area (Å²) in [5.74, 6) is -2.03. The minimum Gasteiger partial charge on any atom is -0.463 e. The Labute approximate surface area is 235 Å². The van der Waals surface area contributed by atoms with Crippen LogP contribution in [0.2, 0.25) is 0 Å². The van der Waals surface area contributed by atoms with Gasteiger partial charge in [0.15, 0.2) is 5.81 Å². The van der Waals surface area contributed by atoms with Crippen LogP contribution in [0, 0.1) is 11.3 Å². The van der Waals surface area contributed by atoms with E-state index in [0.717, 1.165) is 5.56 Å². The number of ether oxygens (including phenoxy) is 1. The number of amides is 3. The number of carbonyl (C=O) groups is 4. The molecule has 0 unspecified atom stereocenters. The van der Waals surface area contributed by atoms with E-state index in [-0.39, 0.29) is 18.4 Å². The Bertz CT molecular complexity index is 1050. The van der Waals surface area contributed by atoms with E-state index in [1.54, 1.807) is 31.9 Å². The standard InChI is InChI=1S/C30H46BN3O5/c1-12-39-27(37)20(4)18-22(19(2)3)33(10)26(36)23(29(5,6)7)32-25(35)24(34(11)28(31)38)30(8,9)21-16-14-13-15-17-21/h13-19,22-24H,12H2,1-11H3,(H,32,35)/t22-,23-,24-/m1/s1. The molecule has 0 aromatic heterocycles. The van der Waals surface area contributed by atoms with Crippen LogP contribution in [0.25, 0.3) is 0 Å². The van der Waals surface area contributed by atoms with E-state index >= 15 is 0 Å². The third-order valence-electron chi connectivity index (χ3n) is 7.08. The van der Waals surface area contributed by atoms with Gasteiger partial charge in [0.25, 0.3) is 0 Å². The highest BCUT2D eigenvalue weighted by molar-refractivity contribution is 6.57. The van der Waals surface area contributed by atoms with Crippen LogP contribution in [0.4, 0.5) is 4.79 Å². The summed E-state index contributed by atoms with van der Waals surface area (Å²) in [5.41, 5.74) is -0.255. The van der Waals surface area contributed by atoms with E-state index in [2.05, 4.69) is 5.32 Å². The van der Waals surface area contributed by atoms with Gasteiger partial charge in [-0.2, -0.15) is 0 Å². The lowest BCUT2D eigenvalue weighted by atomic mass is 9.75. The first-order valence-electron chi connectivity index (χ1n) is 13.4. The zero-order valence-corrected chi connectivity index (χ0v) is 25.5. The maximum absolute atomic E-state index is 14.0. The lowest BCUT2D eigenvalue weighted by Gasteiger charge is -2.42. The Morgan fingerprint density at radius 2 is 1.54 bits per heavy atom. The fraction of sp³-hybridized carbons (Fsp3) is 0.600. The molecular formula is C30H46BN3O5. The molecule has 0 aliphatic heterocycles. The van der Waals surface area contributed by atoms with Gasteiger partial charge < -0.3 is 19.9 Å². The maximum Gasteiger partial charge on any atom is 0.333 e. The molecule has 1 aromatic carbocycles. The fourth-order valence-corrected chi connectivity index (χ4v) is 4.68. The van der Waals surface area contributed by atoms with Gasteiger partial charge in [-0.3, -0.25) is 14.4 Å². The van der Waals surface area contributed by atoms with E-state index < -0.39 is 46.6 Å². The van der Waals surface area contributed by atoms with Crippen LogP contribution in [-0.2, 0) is 24.5 Å². The predicted octanol–water partition coefficient (Wildman–Crippen LogP) is 4.08. The van der Waals surface area contributed by atoms with Crippen LogP contribution in [0.15, 0.2) is 42.0 Å². The molecule has 1 rings (SSSR count). The molecule has 0 bridgehead atoms. The number of rotatable bonds is 11. The Hall–Kier alpha value is -3.10. The lowest BCUT2D eigenvalue weighted by molar-refractivity contribution is -0.141. The SMILES string of the molecule is [B]C(=O)N(C)[C@H](C(=O)N[C@H](C(=O)N(C)[C@H](C=C(C)C(=O)OCC)C(C)C)C(C)(C)C)C(C)(C)c1ccccc1. The number of esters is 1. The molecule has 1 N–H and O–H groups in total. The molecule has 8 nitrogen and oxygen atoms in total. The zero-order valence-electron chi connectivity index (χ0n) is 25.5. The van der Waals surface area contributed by atoms with E-state index in [0.29, 0.717) is 5.57 Å². The van der Waals surface area contributed by atoms with Crippen LogP contribution in [0.1, 0.15) is 67.9 Å². The summed E-state index contributed by atoms with van der Waals surface area (Å²) >= 11 is 0. The number of likely N-dealkylation sites (N-methyl/N-ethyl adjacent to an activating group) is 2. The van der Waals surface area contributed by atoms with Gasteiger partial charge in [-0.25, -0.2) is 4.79 Å². The topological polar surface area (TPSA) is 96.0 Å². The van der Waals surface area contributed by atoms with Gasteiger partial charge >= 0.3 is 5.97 Å². The first kappa shape index (κ1) is 33.9. The van der Waals surface area contributed by atoms with Crippen LogP contribution in [-0.4, -0.2) is 80.1 Å². The van der Waals surface area contributed by atoms with E-state index in [1.165, 1.54) is 11.9 Å². The first-order chi connectivity index (χ1) is 17.9. The molecule has 0 saturated heterocycles. The number of carbonyl (C=O) groups excluding carboxylic acids is 4. The summed E-state index contributed by atoms with van der Waals surface area (Å²) in [6.45, 7) is 16.9. The summed E-state index contributed by atoms with van der Waals surface area (Å²) in [4.78, 5) is 55.2. The molecule has 0 spiro atoms.